The number of carbonyl (C=O) groups excluding carboxylic acids is 2. The zero-order valence-corrected chi connectivity index (χ0v) is 19.4. The maximum Gasteiger partial charge on any atom is 0.407 e. The van der Waals surface area contributed by atoms with Crippen molar-refractivity contribution in [2.45, 2.75) is 56.7 Å². The number of ether oxygens (including phenoxy) is 2. The molecular formula is C26H30N2O6. The minimum Gasteiger partial charge on any atom is -0.480 e. The SMILES string of the molecule is CCC(CC)(NC(=O)C1OCCC1NC(=O)OCC1c2ccccc2-c2ccccc21)C(=O)O. The van der Waals surface area contributed by atoms with Gasteiger partial charge in [0.1, 0.15) is 12.1 Å². The minimum absolute atomic E-state index is 0.0673. The van der Waals surface area contributed by atoms with Gasteiger partial charge in [-0.2, -0.15) is 0 Å². The highest BCUT2D eigenvalue weighted by molar-refractivity contribution is 5.90. The molecule has 2 aliphatic rings. The summed E-state index contributed by atoms with van der Waals surface area (Å²) in [6.45, 7) is 3.86. The number of alkyl carbamates (subject to hydrolysis) is 1. The van der Waals surface area contributed by atoms with Crippen molar-refractivity contribution in [1.29, 1.82) is 0 Å². The van der Waals surface area contributed by atoms with Gasteiger partial charge in [-0.05, 0) is 41.5 Å². The summed E-state index contributed by atoms with van der Waals surface area (Å²) in [6.07, 6.45) is -0.701. The molecule has 2 aromatic rings. The van der Waals surface area contributed by atoms with Gasteiger partial charge in [0.05, 0.1) is 6.04 Å². The summed E-state index contributed by atoms with van der Waals surface area (Å²) in [5.41, 5.74) is 3.14. The number of nitrogens with one attached hydrogen (secondary N) is 2. The number of amides is 2. The molecule has 0 bridgehead atoms. The number of rotatable bonds is 8. The zero-order valence-electron chi connectivity index (χ0n) is 19.4. The minimum atomic E-state index is -1.36. The van der Waals surface area contributed by atoms with Crippen LogP contribution in [0.2, 0.25) is 0 Å². The van der Waals surface area contributed by atoms with Crippen LogP contribution in [0.3, 0.4) is 0 Å². The molecule has 0 saturated carbocycles. The van der Waals surface area contributed by atoms with E-state index in [2.05, 4.69) is 22.8 Å². The molecule has 0 spiro atoms. The lowest BCUT2D eigenvalue weighted by atomic mass is 9.92. The Balaban J connectivity index is 1.39. The summed E-state index contributed by atoms with van der Waals surface area (Å²) in [5, 5.41) is 15.0. The van der Waals surface area contributed by atoms with Gasteiger partial charge in [0.15, 0.2) is 6.10 Å². The second kappa shape index (κ2) is 9.85. The molecule has 4 rings (SSSR count). The smallest absolute Gasteiger partial charge is 0.407 e. The number of aliphatic carboxylic acids is 1. The quantitative estimate of drug-likeness (QED) is 0.549. The van der Waals surface area contributed by atoms with Crippen LogP contribution in [0, 0.1) is 0 Å². The van der Waals surface area contributed by atoms with Crippen LogP contribution in [0.4, 0.5) is 4.79 Å². The summed E-state index contributed by atoms with van der Waals surface area (Å²) < 4.78 is 11.1. The van der Waals surface area contributed by atoms with Gasteiger partial charge in [0.2, 0.25) is 0 Å². The first-order valence-corrected chi connectivity index (χ1v) is 11.7. The maximum absolute atomic E-state index is 12.8. The molecule has 34 heavy (non-hydrogen) atoms. The average molecular weight is 467 g/mol. The first-order chi connectivity index (χ1) is 16.4. The summed E-state index contributed by atoms with van der Waals surface area (Å²) in [7, 11) is 0. The van der Waals surface area contributed by atoms with Crippen LogP contribution in [-0.4, -0.2) is 54.0 Å². The van der Waals surface area contributed by atoms with Crippen LogP contribution in [0.1, 0.15) is 50.2 Å². The summed E-state index contributed by atoms with van der Waals surface area (Å²) >= 11 is 0. The topological polar surface area (TPSA) is 114 Å². The third-order valence-corrected chi connectivity index (χ3v) is 6.98. The molecule has 2 aromatic carbocycles. The van der Waals surface area contributed by atoms with E-state index in [0.29, 0.717) is 6.42 Å². The first-order valence-electron chi connectivity index (χ1n) is 11.7. The molecule has 2 amide bonds. The van der Waals surface area contributed by atoms with Gasteiger partial charge >= 0.3 is 12.1 Å². The third-order valence-electron chi connectivity index (χ3n) is 6.98. The number of hydrogen-bond donors (Lipinski definition) is 3. The number of benzene rings is 2. The van der Waals surface area contributed by atoms with E-state index in [9.17, 15) is 19.5 Å². The maximum atomic E-state index is 12.8. The number of fused-ring (bicyclic) bond motifs is 3. The highest BCUT2D eigenvalue weighted by Gasteiger charge is 2.42. The monoisotopic (exact) mass is 466 g/mol. The Morgan fingerprint density at radius 3 is 2.18 bits per heavy atom. The largest absolute Gasteiger partial charge is 0.480 e. The molecular weight excluding hydrogens is 436 g/mol. The highest BCUT2D eigenvalue weighted by atomic mass is 16.6. The fraction of sp³-hybridized carbons (Fsp3) is 0.423. The number of carbonyl (C=O) groups is 3. The fourth-order valence-corrected chi connectivity index (χ4v) is 4.88. The van der Waals surface area contributed by atoms with Crippen LogP contribution < -0.4 is 10.6 Å². The second-order valence-corrected chi connectivity index (χ2v) is 8.74. The van der Waals surface area contributed by atoms with Gasteiger partial charge in [-0.15, -0.1) is 0 Å². The van der Waals surface area contributed by atoms with E-state index in [-0.39, 0.29) is 32.0 Å². The van der Waals surface area contributed by atoms with Gasteiger partial charge in [0, 0.05) is 12.5 Å². The zero-order chi connectivity index (χ0) is 24.3. The predicted octanol–water partition coefficient (Wildman–Crippen LogP) is 3.44. The van der Waals surface area contributed by atoms with E-state index in [1.807, 2.05) is 36.4 Å². The van der Waals surface area contributed by atoms with Crippen molar-refractivity contribution in [3.05, 3.63) is 59.7 Å². The molecule has 1 saturated heterocycles. The lowest BCUT2D eigenvalue weighted by Crippen LogP contribution is -2.58. The second-order valence-electron chi connectivity index (χ2n) is 8.74. The predicted molar refractivity (Wildman–Crippen MR) is 125 cm³/mol. The lowest BCUT2D eigenvalue weighted by molar-refractivity contribution is -0.150. The van der Waals surface area contributed by atoms with Gasteiger partial charge < -0.3 is 25.2 Å². The van der Waals surface area contributed by atoms with Crippen LogP contribution in [0.15, 0.2) is 48.5 Å². The third kappa shape index (κ3) is 4.37. The highest BCUT2D eigenvalue weighted by Crippen LogP contribution is 2.44. The average Bonchev–Trinajstić information content (AvgIpc) is 3.43. The Labute approximate surface area is 198 Å². The Morgan fingerprint density at radius 2 is 1.62 bits per heavy atom. The number of carboxylic acid groups (broad SMARTS) is 1. The number of hydrogen-bond acceptors (Lipinski definition) is 5. The van der Waals surface area contributed by atoms with Gasteiger partial charge in [-0.3, -0.25) is 4.79 Å². The molecule has 0 aromatic heterocycles. The fourth-order valence-electron chi connectivity index (χ4n) is 4.88. The van der Waals surface area contributed by atoms with Crippen LogP contribution in [0.25, 0.3) is 11.1 Å². The van der Waals surface area contributed by atoms with E-state index >= 15 is 0 Å². The number of carboxylic acids is 1. The van der Waals surface area contributed by atoms with Gasteiger partial charge in [-0.25, -0.2) is 9.59 Å². The molecule has 1 aliphatic heterocycles. The molecule has 1 heterocycles. The normalized spacial score (nSPS) is 19.2. The molecule has 180 valence electrons. The lowest BCUT2D eigenvalue weighted by Gasteiger charge is -2.30. The Kier molecular flexibility index (Phi) is 6.88. The van der Waals surface area contributed by atoms with E-state index in [1.165, 1.54) is 0 Å². The summed E-state index contributed by atoms with van der Waals surface area (Å²) in [4.78, 5) is 37.2. The summed E-state index contributed by atoms with van der Waals surface area (Å²) in [6, 6.07) is 15.6. The van der Waals surface area contributed by atoms with Crippen molar-refractivity contribution in [2.75, 3.05) is 13.2 Å². The Hall–Kier alpha value is -3.39. The van der Waals surface area contributed by atoms with Crippen molar-refractivity contribution in [3.8, 4) is 11.1 Å². The molecule has 8 heteroatoms. The van der Waals surface area contributed by atoms with Crippen molar-refractivity contribution in [2.24, 2.45) is 0 Å². The van der Waals surface area contributed by atoms with Crippen molar-refractivity contribution in [1.82, 2.24) is 10.6 Å². The molecule has 1 aliphatic carbocycles. The van der Waals surface area contributed by atoms with E-state index in [1.54, 1.807) is 13.8 Å². The molecule has 2 unspecified atom stereocenters. The van der Waals surface area contributed by atoms with E-state index in [0.717, 1.165) is 22.3 Å². The van der Waals surface area contributed by atoms with Crippen molar-refractivity contribution >= 4 is 18.0 Å². The molecule has 3 N–H and O–H groups in total. The molecule has 1 fully saturated rings. The van der Waals surface area contributed by atoms with Crippen molar-refractivity contribution < 1.29 is 29.0 Å². The Bertz CT molecular complexity index is 1030. The van der Waals surface area contributed by atoms with E-state index < -0.39 is 35.7 Å². The van der Waals surface area contributed by atoms with E-state index in [4.69, 9.17) is 9.47 Å². The van der Waals surface area contributed by atoms with Crippen molar-refractivity contribution in [3.63, 3.8) is 0 Å². The van der Waals surface area contributed by atoms with Crippen LogP contribution in [0.5, 0.6) is 0 Å². The van der Waals surface area contributed by atoms with Crippen LogP contribution >= 0.6 is 0 Å². The standard InChI is InChI=1S/C26H30N2O6/c1-3-26(4-2,24(30)31)28-23(29)22-21(13-14-33-22)27-25(32)34-15-20-18-11-7-5-9-16(18)17-10-6-8-12-19(17)20/h5-12,20-22H,3-4,13-15H2,1-2H3,(H,27,32)(H,28,29)(H,30,31). The van der Waals surface area contributed by atoms with Gasteiger partial charge in [-0.1, -0.05) is 62.4 Å². The van der Waals surface area contributed by atoms with Gasteiger partial charge in [0.25, 0.3) is 5.91 Å². The van der Waals surface area contributed by atoms with Crippen LogP contribution in [-0.2, 0) is 19.1 Å². The Morgan fingerprint density at radius 1 is 1.03 bits per heavy atom. The first kappa shape index (κ1) is 23.8. The molecule has 2 atom stereocenters. The summed E-state index contributed by atoms with van der Waals surface area (Å²) in [5.74, 6) is -1.71. The molecule has 0 radical (unpaired) electrons. The molecule has 8 nitrogen and oxygen atoms in total.